The van der Waals surface area contributed by atoms with Gasteiger partial charge >= 0.3 is 0 Å². The van der Waals surface area contributed by atoms with Crippen molar-refractivity contribution in [3.05, 3.63) is 262 Å². The number of hydrogen-bond donors (Lipinski definition) is 0. The maximum absolute atomic E-state index is 4.49. The van der Waals surface area contributed by atoms with Gasteiger partial charge < -0.3 is 4.90 Å². The van der Waals surface area contributed by atoms with E-state index in [1.165, 1.54) is 0 Å². The largest absolute Gasteiger partial charge is 0.309 e. The number of rotatable bonds is 20. The van der Waals surface area contributed by atoms with E-state index in [1.807, 2.05) is 104 Å². The Morgan fingerprint density at radius 3 is 1.59 bits per heavy atom. The third kappa shape index (κ3) is 11.6. The topological polar surface area (TPSA) is 3.24 Å². The minimum atomic E-state index is 0.768. The standard InChI is InChI=1S/C45H47N/c1-11-20-31-38(26-14-4)37(10)36-44(40-33-24-23-25-34-40)45(43(19-9)39(27-15-5)32-21-12-2)46(41(28-16-6)29-17-7)42(30-18-8)35-22-13-3/h11-36H,1-6,8-10H2,7H3/b29-17-,31-20-,32-21-,35-22-,38-26+,39-27+,41-28+,42-30+,44-36-,45-43-. The van der Waals surface area contributed by atoms with Crippen molar-refractivity contribution >= 4 is 5.57 Å². The lowest BCUT2D eigenvalue weighted by Gasteiger charge is -2.33. The highest BCUT2D eigenvalue weighted by Gasteiger charge is 2.25. The molecule has 232 valence electrons. The van der Waals surface area contributed by atoms with Crippen LogP contribution in [0.4, 0.5) is 0 Å². The highest BCUT2D eigenvalue weighted by molar-refractivity contribution is 5.85. The van der Waals surface area contributed by atoms with E-state index in [2.05, 4.69) is 82.3 Å². The fourth-order valence-corrected chi connectivity index (χ4v) is 4.40. The van der Waals surface area contributed by atoms with E-state index >= 15 is 0 Å². The van der Waals surface area contributed by atoms with E-state index in [0.717, 1.165) is 50.5 Å². The van der Waals surface area contributed by atoms with E-state index in [4.69, 9.17) is 0 Å². The molecule has 0 atom stereocenters. The fourth-order valence-electron chi connectivity index (χ4n) is 4.40. The molecule has 0 N–H and O–H groups in total. The van der Waals surface area contributed by atoms with Gasteiger partial charge in [0.25, 0.3) is 0 Å². The first kappa shape index (κ1) is 38.1. The molecule has 1 heteroatoms. The van der Waals surface area contributed by atoms with Crippen LogP contribution in [0.3, 0.4) is 0 Å². The summed E-state index contributed by atoms with van der Waals surface area (Å²) in [7, 11) is 0. The van der Waals surface area contributed by atoms with Gasteiger partial charge in [-0.2, -0.15) is 0 Å². The second-order valence-corrected chi connectivity index (χ2v) is 9.41. The SMILES string of the molecule is C=C/C=C\C(=C/C=C)C(=C)\C=C(/C(=C(C=C)/C(/C=C\C=C)=C/C=C)N(C(/C=C\C)=C/C=C)C(/C=C\C=C)=C/C=C)c1ccccc1. The second-order valence-electron chi connectivity index (χ2n) is 9.41. The van der Waals surface area contributed by atoms with Crippen molar-refractivity contribution < 1.29 is 0 Å². The molecule has 1 rings (SSSR count). The molecule has 0 unspecified atom stereocenters. The molecule has 0 aliphatic rings. The lowest BCUT2D eigenvalue weighted by molar-refractivity contribution is 0.578. The summed E-state index contributed by atoms with van der Waals surface area (Å²) in [5.41, 5.74) is 7.68. The molecule has 0 heterocycles. The molecular weight excluding hydrogens is 555 g/mol. The Hall–Kier alpha value is -5.92. The van der Waals surface area contributed by atoms with Crippen LogP contribution in [0.25, 0.3) is 5.57 Å². The Morgan fingerprint density at radius 1 is 0.587 bits per heavy atom. The molecule has 1 nitrogen and oxygen atoms in total. The van der Waals surface area contributed by atoms with Crippen LogP contribution in [0.2, 0.25) is 0 Å². The summed E-state index contributed by atoms with van der Waals surface area (Å²) in [4.78, 5) is 2.15. The van der Waals surface area contributed by atoms with Gasteiger partial charge in [-0.3, -0.25) is 0 Å². The van der Waals surface area contributed by atoms with Gasteiger partial charge in [-0.15, -0.1) is 0 Å². The monoisotopic (exact) mass is 601 g/mol. The summed E-state index contributed by atoms with van der Waals surface area (Å²) in [5.74, 6) is 0. The quantitative estimate of drug-likeness (QED) is 0.134. The normalized spacial score (nSPS) is 13.9. The number of benzene rings is 1. The molecule has 0 aromatic heterocycles. The molecule has 1 aromatic rings. The van der Waals surface area contributed by atoms with E-state index in [0.29, 0.717) is 0 Å². The van der Waals surface area contributed by atoms with Gasteiger partial charge in [0, 0.05) is 22.5 Å². The summed E-state index contributed by atoms with van der Waals surface area (Å²) in [5, 5.41) is 0. The van der Waals surface area contributed by atoms with E-state index < -0.39 is 0 Å². The van der Waals surface area contributed by atoms with Gasteiger partial charge in [-0.25, -0.2) is 0 Å². The zero-order valence-electron chi connectivity index (χ0n) is 27.3. The summed E-state index contributed by atoms with van der Waals surface area (Å²) in [6, 6.07) is 10.2. The first-order chi connectivity index (χ1) is 22.4. The van der Waals surface area contributed by atoms with Gasteiger partial charge in [-0.1, -0.05) is 187 Å². The smallest absolute Gasteiger partial charge is 0.0618 e. The van der Waals surface area contributed by atoms with Crippen LogP contribution in [0.5, 0.6) is 0 Å². The maximum atomic E-state index is 4.49. The van der Waals surface area contributed by atoms with Crippen molar-refractivity contribution in [1.29, 1.82) is 0 Å². The molecule has 0 aliphatic carbocycles. The molecule has 0 saturated carbocycles. The first-order valence-electron chi connectivity index (χ1n) is 14.9. The minimum absolute atomic E-state index is 0.768. The van der Waals surface area contributed by atoms with Crippen molar-refractivity contribution in [1.82, 2.24) is 4.90 Å². The molecule has 0 saturated heterocycles. The molecule has 0 bridgehead atoms. The molecule has 46 heavy (non-hydrogen) atoms. The van der Waals surface area contributed by atoms with E-state index in [1.54, 1.807) is 42.5 Å². The molecular formula is C45H47N. The highest BCUT2D eigenvalue weighted by atomic mass is 15.2. The lowest BCUT2D eigenvalue weighted by Crippen LogP contribution is -2.23. The molecule has 1 aromatic carbocycles. The molecule has 0 spiro atoms. The Balaban J connectivity index is 4.85. The Bertz CT molecular complexity index is 1610. The number of allylic oxidation sites excluding steroid dienone is 26. The molecule has 0 fully saturated rings. The predicted molar refractivity (Wildman–Crippen MR) is 209 cm³/mol. The van der Waals surface area contributed by atoms with E-state index in [9.17, 15) is 0 Å². The Kier molecular flexibility index (Phi) is 18.7. The highest BCUT2D eigenvalue weighted by Crippen LogP contribution is 2.39. The predicted octanol–water partition coefficient (Wildman–Crippen LogP) is 12.5. The Labute approximate surface area is 278 Å². The van der Waals surface area contributed by atoms with Crippen molar-refractivity contribution in [3.8, 4) is 0 Å². The van der Waals surface area contributed by atoms with Gasteiger partial charge in [0.2, 0.25) is 0 Å². The van der Waals surface area contributed by atoms with Crippen LogP contribution >= 0.6 is 0 Å². The van der Waals surface area contributed by atoms with Crippen LogP contribution in [-0.2, 0) is 0 Å². The van der Waals surface area contributed by atoms with Crippen LogP contribution in [0.1, 0.15) is 12.5 Å². The van der Waals surface area contributed by atoms with Gasteiger partial charge in [0.1, 0.15) is 0 Å². The number of hydrogen-bond acceptors (Lipinski definition) is 1. The van der Waals surface area contributed by atoms with Gasteiger partial charge in [-0.05, 0) is 59.6 Å². The van der Waals surface area contributed by atoms with Crippen molar-refractivity contribution in [3.63, 3.8) is 0 Å². The fraction of sp³-hybridized carbons (Fsp3) is 0.0222. The molecule has 0 aliphatic heterocycles. The van der Waals surface area contributed by atoms with Crippen molar-refractivity contribution in [2.24, 2.45) is 0 Å². The van der Waals surface area contributed by atoms with Crippen LogP contribution in [-0.4, -0.2) is 4.90 Å². The first-order valence-corrected chi connectivity index (χ1v) is 14.9. The zero-order chi connectivity index (χ0) is 34.2. The Morgan fingerprint density at radius 2 is 1.09 bits per heavy atom. The second kappa shape index (κ2) is 22.6. The lowest BCUT2D eigenvalue weighted by atomic mass is 9.90. The maximum Gasteiger partial charge on any atom is 0.0618 e. The molecule has 0 radical (unpaired) electrons. The number of nitrogens with zero attached hydrogens (tertiary/aromatic N) is 1. The summed E-state index contributed by atoms with van der Waals surface area (Å²) < 4.78 is 0. The van der Waals surface area contributed by atoms with E-state index in [-0.39, 0.29) is 0 Å². The third-order valence-corrected chi connectivity index (χ3v) is 6.28. The van der Waals surface area contributed by atoms with Crippen LogP contribution in [0, 0.1) is 0 Å². The average molecular weight is 602 g/mol. The average Bonchev–Trinajstić information content (AvgIpc) is 3.06. The summed E-state index contributed by atoms with van der Waals surface area (Å²) in [6.45, 7) is 38.4. The van der Waals surface area contributed by atoms with Crippen molar-refractivity contribution in [2.45, 2.75) is 6.92 Å². The summed E-state index contributed by atoms with van der Waals surface area (Å²) in [6.07, 6.45) is 39.6. The van der Waals surface area contributed by atoms with Crippen molar-refractivity contribution in [2.75, 3.05) is 0 Å². The van der Waals surface area contributed by atoms with Crippen LogP contribution < -0.4 is 0 Å². The molecule has 0 amide bonds. The minimum Gasteiger partial charge on any atom is -0.309 e. The van der Waals surface area contributed by atoms with Gasteiger partial charge in [0.05, 0.1) is 5.70 Å². The third-order valence-electron chi connectivity index (χ3n) is 6.28. The van der Waals surface area contributed by atoms with Crippen LogP contribution in [0.15, 0.2) is 257 Å². The summed E-state index contributed by atoms with van der Waals surface area (Å²) >= 11 is 0. The van der Waals surface area contributed by atoms with Gasteiger partial charge in [0.15, 0.2) is 0 Å². The zero-order valence-corrected chi connectivity index (χ0v) is 27.3.